The molecule has 1 saturated carbocycles. The van der Waals surface area contributed by atoms with Crippen molar-refractivity contribution in [3.05, 3.63) is 0 Å². The van der Waals surface area contributed by atoms with Gasteiger partial charge in [0, 0.05) is 6.54 Å². The van der Waals surface area contributed by atoms with Gasteiger partial charge in [0.05, 0.1) is 6.54 Å². The molecule has 0 aromatic heterocycles. The summed E-state index contributed by atoms with van der Waals surface area (Å²) in [6.07, 6.45) is 4.23. The summed E-state index contributed by atoms with van der Waals surface area (Å²) in [5.74, 6) is 0.555. The first-order valence-electron chi connectivity index (χ1n) is 5.81. The number of carbonyl (C=O) groups is 2. The molecule has 1 atom stereocenters. The van der Waals surface area contributed by atoms with Crippen LogP contribution in [-0.4, -0.2) is 35.8 Å². The Morgan fingerprint density at radius 2 is 2.13 bits per heavy atom. The molecule has 1 aliphatic carbocycles. The average molecular weight is 210 g/mol. The van der Waals surface area contributed by atoms with Crippen molar-refractivity contribution in [1.82, 2.24) is 10.2 Å². The van der Waals surface area contributed by atoms with Gasteiger partial charge in [0.1, 0.15) is 6.04 Å². The SMILES string of the molecule is CCCCN1C(=O)CNC(=O)C1C1CC1. The number of nitrogens with zero attached hydrogens (tertiary/aromatic N) is 1. The van der Waals surface area contributed by atoms with Gasteiger partial charge in [0.25, 0.3) is 0 Å². The van der Waals surface area contributed by atoms with Crippen LogP contribution < -0.4 is 5.32 Å². The Labute approximate surface area is 90.0 Å². The lowest BCUT2D eigenvalue weighted by atomic mass is 10.1. The maximum Gasteiger partial charge on any atom is 0.243 e. The number of nitrogens with one attached hydrogen (secondary N) is 1. The lowest BCUT2D eigenvalue weighted by molar-refractivity contribution is -0.146. The smallest absolute Gasteiger partial charge is 0.243 e. The third kappa shape index (κ3) is 2.13. The zero-order valence-corrected chi connectivity index (χ0v) is 9.16. The highest BCUT2D eigenvalue weighted by molar-refractivity contribution is 5.95. The molecule has 1 saturated heterocycles. The molecule has 4 heteroatoms. The highest BCUT2D eigenvalue weighted by Gasteiger charge is 2.44. The summed E-state index contributed by atoms with van der Waals surface area (Å²) in [5.41, 5.74) is 0. The monoisotopic (exact) mass is 210 g/mol. The third-order valence-electron chi connectivity index (χ3n) is 3.16. The minimum atomic E-state index is -0.169. The van der Waals surface area contributed by atoms with Crippen molar-refractivity contribution in [3.63, 3.8) is 0 Å². The van der Waals surface area contributed by atoms with Gasteiger partial charge in [-0.2, -0.15) is 0 Å². The predicted molar refractivity (Wildman–Crippen MR) is 56.1 cm³/mol. The van der Waals surface area contributed by atoms with E-state index < -0.39 is 0 Å². The zero-order chi connectivity index (χ0) is 10.8. The Kier molecular flexibility index (Phi) is 2.93. The molecular weight excluding hydrogens is 192 g/mol. The molecule has 0 spiro atoms. The minimum Gasteiger partial charge on any atom is -0.345 e. The first-order chi connectivity index (χ1) is 7.24. The van der Waals surface area contributed by atoms with E-state index in [0.717, 1.165) is 32.2 Å². The molecule has 2 rings (SSSR count). The van der Waals surface area contributed by atoms with Gasteiger partial charge in [0.2, 0.25) is 11.8 Å². The van der Waals surface area contributed by atoms with E-state index in [-0.39, 0.29) is 24.4 Å². The second-order valence-electron chi connectivity index (χ2n) is 4.44. The van der Waals surface area contributed by atoms with Gasteiger partial charge in [-0.05, 0) is 25.2 Å². The van der Waals surface area contributed by atoms with Gasteiger partial charge in [-0.1, -0.05) is 13.3 Å². The van der Waals surface area contributed by atoms with Crippen LogP contribution >= 0.6 is 0 Å². The van der Waals surface area contributed by atoms with Crippen molar-refractivity contribution in [2.24, 2.45) is 5.92 Å². The second-order valence-corrected chi connectivity index (χ2v) is 4.44. The number of hydrogen-bond acceptors (Lipinski definition) is 2. The van der Waals surface area contributed by atoms with Crippen LogP contribution in [0.15, 0.2) is 0 Å². The van der Waals surface area contributed by atoms with Crippen LogP contribution in [0.1, 0.15) is 32.6 Å². The molecule has 2 aliphatic rings. The molecule has 15 heavy (non-hydrogen) atoms. The maximum absolute atomic E-state index is 11.7. The molecule has 1 N–H and O–H groups in total. The predicted octanol–water partition coefficient (Wildman–Crippen LogP) is 0.523. The van der Waals surface area contributed by atoms with Gasteiger partial charge in [0.15, 0.2) is 0 Å². The fourth-order valence-corrected chi connectivity index (χ4v) is 2.14. The van der Waals surface area contributed by atoms with Crippen LogP contribution in [0.2, 0.25) is 0 Å². The van der Waals surface area contributed by atoms with Crippen LogP contribution in [0.25, 0.3) is 0 Å². The van der Waals surface area contributed by atoms with Crippen molar-refractivity contribution < 1.29 is 9.59 Å². The first-order valence-corrected chi connectivity index (χ1v) is 5.81. The number of unbranched alkanes of at least 4 members (excludes halogenated alkanes) is 1. The second kappa shape index (κ2) is 4.21. The van der Waals surface area contributed by atoms with Crippen molar-refractivity contribution in [2.75, 3.05) is 13.1 Å². The third-order valence-corrected chi connectivity index (χ3v) is 3.16. The highest BCUT2D eigenvalue weighted by atomic mass is 16.2. The molecule has 0 aromatic rings. The Balaban J connectivity index is 2.05. The van der Waals surface area contributed by atoms with Crippen molar-refractivity contribution in [3.8, 4) is 0 Å². The zero-order valence-electron chi connectivity index (χ0n) is 9.16. The first kappa shape index (κ1) is 10.5. The number of hydrogen-bond donors (Lipinski definition) is 1. The summed E-state index contributed by atoms with van der Waals surface area (Å²) in [4.78, 5) is 25.2. The summed E-state index contributed by atoms with van der Waals surface area (Å²) >= 11 is 0. The normalized spacial score (nSPS) is 26.7. The van der Waals surface area contributed by atoms with E-state index in [2.05, 4.69) is 12.2 Å². The largest absolute Gasteiger partial charge is 0.345 e. The van der Waals surface area contributed by atoms with Gasteiger partial charge >= 0.3 is 0 Å². The van der Waals surface area contributed by atoms with Gasteiger partial charge in [-0.25, -0.2) is 0 Å². The molecule has 1 unspecified atom stereocenters. The minimum absolute atomic E-state index is 0.0493. The summed E-state index contributed by atoms with van der Waals surface area (Å²) in [6, 6.07) is -0.169. The van der Waals surface area contributed by atoms with E-state index in [1.807, 2.05) is 0 Å². The molecule has 84 valence electrons. The summed E-state index contributed by atoms with van der Waals surface area (Å²) in [5, 5.41) is 2.68. The van der Waals surface area contributed by atoms with Crippen molar-refractivity contribution in [1.29, 1.82) is 0 Å². The van der Waals surface area contributed by atoms with E-state index in [4.69, 9.17) is 0 Å². The number of carbonyl (C=O) groups excluding carboxylic acids is 2. The molecule has 0 aromatic carbocycles. The lowest BCUT2D eigenvalue weighted by Gasteiger charge is -2.35. The molecule has 2 fully saturated rings. The van der Waals surface area contributed by atoms with Crippen LogP contribution in [0.4, 0.5) is 0 Å². The molecular formula is C11H18N2O2. The molecule has 1 heterocycles. The fourth-order valence-electron chi connectivity index (χ4n) is 2.14. The van der Waals surface area contributed by atoms with E-state index in [1.165, 1.54) is 0 Å². The highest BCUT2D eigenvalue weighted by Crippen LogP contribution is 2.36. The Hall–Kier alpha value is -1.06. The number of rotatable bonds is 4. The van der Waals surface area contributed by atoms with E-state index in [0.29, 0.717) is 5.92 Å². The summed E-state index contributed by atoms with van der Waals surface area (Å²) in [6.45, 7) is 3.02. The van der Waals surface area contributed by atoms with Crippen LogP contribution in [-0.2, 0) is 9.59 Å². The number of piperazine rings is 1. The van der Waals surface area contributed by atoms with Crippen molar-refractivity contribution >= 4 is 11.8 Å². The van der Waals surface area contributed by atoms with E-state index >= 15 is 0 Å². The van der Waals surface area contributed by atoms with Gasteiger partial charge in [-0.15, -0.1) is 0 Å². The lowest BCUT2D eigenvalue weighted by Crippen LogP contribution is -2.59. The molecule has 0 radical (unpaired) electrons. The average Bonchev–Trinajstić information content (AvgIpc) is 3.03. The molecule has 1 aliphatic heterocycles. The molecule has 2 amide bonds. The Morgan fingerprint density at radius 1 is 1.40 bits per heavy atom. The van der Waals surface area contributed by atoms with Crippen molar-refractivity contribution in [2.45, 2.75) is 38.6 Å². The van der Waals surface area contributed by atoms with Crippen LogP contribution in [0.3, 0.4) is 0 Å². The Morgan fingerprint density at radius 3 is 2.73 bits per heavy atom. The van der Waals surface area contributed by atoms with Gasteiger partial charge in [-0.3, -0.25) is 9.59 Å². The van der Waals surface area contributed by atoms with Gasteiger partial charge < -0.3 is 10.2 Å². The van der Waals surface area contributed by atoms with E-state index in [1.54, 1.807) is 4.90 Å². The summed E-state index contributed by atoms with van der Waals surface area (Å²) in [7, 11) is 0. The maximum atomic E-state index is 11.7. The standard InChI is InChI=1S/C11H18N2O2/c1-2-3-6-13-9(14)7-12-11(15)10(13)8-4-5-8/h8,10H,2-7H2,1H3,(H,12,15). The van der Waals surface area contributed by atoms with Crippen LogP contribution in [0, 0.1) is 5.92 Å². The van der Waals surface area contributed by atoms with E-state index in [9.17, 15) is 9.59 Å². The topological polar surface area (TPSA) is 49.4 Å². The summed E-state index contributed by atoms with van der Waals surface area (Å²) < 4.78 is 0. The quantitative estimate of drug-likeness (QED) is 0.735. The fraction of sp³-hybridized carbons (Fsp3) is 0.818. The van der Waals surface area contributed by atoms with Crippen LogP contribution in [0.5, 0.6) is 0 Å². The molecule has 4 nitrogen and oxygen atoms in total. The molecule has 0 bridgehead atoms. The Bertz CT molecular complexity index is 274. The number of amides is 2.